The highest BCUT2D eigenvalue weighted by Gasteiger charge is 2.23. The van der Waals surface area contributed by atoms with Gasteiger partial charge in [-0.3, -0.25) is 9.59 Å². The van der Waals surface area contributed by atoms with Crippen molar-refractivity contribution in [3.63, 3.8) is 0 Å². The van der Waals surface area contributed by atoms with Gasteiger partial charge in [0.05, 0.1) is 6.42 Å². The summed E-state index contributed by atoms with van der Waals surface area (Å²) in [6, 6.07) is 8.85. The number of hydrogen-bond acceptors (Lipinski definition) is 5. The first kappa shape index (κ1) is 19.2. The zero-order valence-electron chi connectivity index (χ0n) is 14.6. The van der Waals surface area contributed by atoms with Gasteiger partial charge in [-0.05, 0) is 40.2 Å². The van der Waals surface area contributed by atoms with Crippen molar-refractivity contribution in [3.8, 4) is 0 Å². The number of esters is 2. The van der Waals surface area contributed by atoms with Gasteiger partial charge in [0.15, 0.2) is 0 Å². The molecule has 128 valence electrons. The summed E-state index contributed by atoms with van der Waals surface area (Å²) in [5, 5.41) is 3.06. The first-order valence-electron chi connectivity index (χ1n) is 7.86. The van der Waals surface area contributed by atoms with E-state index in [1.54, 1.807) is 6.92 Å². The Morgan fingerprint density at radius 3 is 2.30 bits per heavy atom. The Morgan fingerprint density at radius 2 is 1.74 bits per heavy atom. The predicted molar refractivity (Wildman–Crippen MR) is 88.8 cm³/mol. The molecule has 0 aliphatic heterocycles. The molecule has 0 radical (unpaired) electrons. The van der Waals surface area contributed by atoms with Gasteiger partial charge in [-0.1, -0.05) is 30.3 Å². The smallest absolute Gasteiger partial charge is 0.323 e. The Bertz CT molecular complexity index is 508. The number of carbonyl (C=O) groups excluding carboxylic acids is 2. The lowest BCUT2D eigenvalue weighted by molar-refractivity contribution is -0.157. The first-order valence-corrected chi connectivity index (χ1v) is 7.86. The summed E-state index contributed by atoms with van der Waals surface area (Å²) in [4.78, 5) is 23.7. The van der Waals surface area contributed by atoms with Crippen LogP contribution in [0.5, 0.6) is 0 Å². The molecule has 5 nitrogen and oxygen atoms in total. The van der Waals surface area contributed by atoms with E-state index in [0.29, 0.717) is 0 Å². The topological polar surface area (TPSA) is 64.6 Å². The monoisotopic (exact) mass is 321 g/mol. The third-order valence-electron chi connectivity index (χ3n) is 3.01. The van der Waals surface area contributed by atoms with Gasteiger partial charge >= 0.3 is 11.9 Å². The van der Waals surface area contributed by atoms with E-state index in [-0.39, 0.29) is 31.0 Å². The van der Waals surface area contributed by atoms with Crippen LogP contribution in [-0.2, 0) is 25.7 Å². The van der Waals surface area contributed by atoms with Crippen LogP contribution in [-0.4, -0.2) is 29.6 Å². The van der Waals surface area contributed by atoms with Gasteiger partial charge in [-0.15, -0.1) is 0 Å². The molecule has 1 aromatic rings. The highest BCUT2D eigenvalue weighted by atomic mass is 16.6. The average Bonchev–Trinajstić information content (AvgIpc) is 2.44. The number of ether oxygens (including phenoxy) is 2. The lowest BCUT2D eigenvalue weighted by Gasteiger charge is -2.24. The van der Waals surface area contributed by atoms with Crippen LogP contribution in [0, 0.1) is 0 Å². The summed E-state index contributed by atoms with van der Waals surface area (Å²) >= 11 is 0. The molecule has 1 rings (SSSR count). The number of rotatable bonds is 7. The molecule has 0 heterocycles. The van der Waals surface area contributed by atoms with Crippen LogP contribution in [0.1, 0.15) is 46.6 Å². The zero-order chi connectivity index (χ0) is 17.5. The second kappa shape index (κ2) is 8.67. The molecule has 2 unspecified atom stereocenters. The molecular weight excluding hydrogens is 294 g/mol. The lowest BCUT2D eigenvalue weighted by Crippen LogP contribution is -2.44. The number of benzene rings is 1. The fourth-order valence-electron chi connectivity index (χ4n) is 1.99. The van der Waals surface area contributed by atoms with Crippen molar-refractivity contribution in [1.29, 1.82) is 0 Å². The van der Waals surface area contributed by atoms with Crippen molar-refractivity contribution in [2.75, 3.05) is 0 Å². The summed E-state index contributed by atoms with van der Waals surface area (Å²) < 4.78 is 10.5. The molecule has 0 bridgehead atoms. The maximum Gasteiger partial charge on any atom is 0.323 e. The van der Waals surface area contributed by atoms with E-state index >= 15 is 0 Å². The third kappa shape index (κ3) is 8.35. The maximum absolute atomic E-state index is 11.9. The van der Waals surface area contributed by atoms with E-state index in [2.05, 4.69) is 5.32 Å². The second-order valence-electron chi connectivity index (χ2n) is 6.67. The number of nitrogens with one attached hydrogen (secondary N) is 1. The molecule has 0 aromatic heterocycles. The van der Waals surface area contributed by atoms with Crippen molar-refractivity contribution in [3.05, 3.63) is 35.9 Å². The Balaban J connectivity index is 2.33. The third-order valence-corrected chi connectivity index (χ3v) is 3.01. The fourth-order valence-corrected chi connectivity index (χ4v) is 1.99. The van der Waals surface area contributed by atoms with Gasteiger partial charge in [0.1, 0.15) is 18.2 Å². The van der Waals surface area contributed by atoms with Crippen LogP contribution in [0.25, 0.3) is 0 Å². The first-order chi connectivity index (χ1) is 10.7. The SMILES string of the molecule is CC(CC(=O)OCc1ccccc1)NC(C)C(=O)OC(C)(C)C. The van der Waals surface area contributed by atoms with E-state index in [1.807, 2.05) is 58.0 Å². The Kier molecular flexibility index (Phi) is 7.23. The van der Waals surface area contributed by atoms with Gasteiger partial charge in [0, 0.05) is 6.04 Å². The minimum atomic E-state index is -0.523. The largest absolute Gasteiger partial charge is 0.461 e. The average molecular weight is 321 g/mol. The number of carbonyl (C=O) groups is 2. The highest BCUT2D eigenvalue weighted by Crippen LogP contribution is 2.09. The van der Waals surface area contributed by atoms with Crippen LogP contribution in [0.3, 0.4) is 0 Å². The summed E-state index contributed by atoms with van der Waals surface area (Å²) in [5.74, 6) is -0.632. The normalized spacial score (nSPS) is 14.0. The van der Waals surface area contributed by atoms with Gasteiger partial charge in [0.25, 0.3) is 0 Å². The molecule has 5 heteroatoms. The summed E-state index contributed by atoms with van der Waals surface area (Å²) in [5.41, 5.74) is 0.425. The molecular formula is C18H27NO4. The van der Waals surface area contributed by atoms with E-state index < -0.39 is 11.6 Å². The Morgan fingerprint density at radius 1 is 1.13 bits per heavy atom. The molecule has 1 N–H and O–H groups in total. The van der Waals surface area contributed by atoms with Crippen molar-refractivity contribution in [2.24, 2.45) is 0 Å². The van der Waals surface area contributed by atoms with Gasteiger partial charge in [0.2, 0.25) is 0 Å². The Hall–Kier alpha value is -1.88. The standard InChI is InChI=1S/C18H27NO4/c1-13(19-14(2)17(21)23-18(3,4)5)11-16(20)22-12-15-9-7-6-8-10-15/h6-10,13-14,19H,11-12H2,1-5H3. The number of hydrogen-bond donors (Lipinski definition) is 1. The maximum atomic E-state index is 11.9. The molecule has 23 heavy (non-hydrogen) atoms. The lowest BCUT2D eigenvalue weighted by atomic mass is 10.1. The predicted octanol–water partition coefficient (Wildman–Crippen LogP) is 2.83. The minimum absolute atomic E-state index is 0.180. The molecule has 0 spiro atoms. The quantitative estimate of drug-likeness (QED) is 0.782. The second-order valence-corrected chi connectivity index (χ2v) is 6.67. The van der Waals surface area contributed by atoms with Gasteiger partial charge in [-0.25, -0.2) is 0 Å². The molecule has 2 atom stereocenters. The van der Waals surface area contributed by atoms with Gasteiger partial charge < -0.3 is 14.8 Å². The Labute approximate surface area is 138 Å². The van der Waals surface area contributed by atoms with Crippen LogP contribution < -0.4 is 5.32 Å². The molecule has 0 amide bonds. The van der Waals surface area contributed by atoms with Crippen molar-refractivity contribution < 1.29 is 19.1 Å². The molecule has 0 aliphatic rings. The van der Waals surface area contributed by atoms with Crippen LogP contribution in [0.15, 0.2) is 30.3 Å². The summed E-state index contributed by atoms with van der Waals surface area (Å²) in [6.07, 6.45) is 0.194. The molecule has 0 aliphatic carbocycles. The van der Waals surface area contributed by atoms with Gasteiger partial charge in [-0.2, -0.15) is 0 Å². The fraction of sp³-hybridized carbons (Fsp3) is 0.556. The molecule has 1 aromatic carbocycles. The zero-order valence-corrected chi connectivity index (χ0v) is 14.6. The van der Waals surface area contributed by atoms with Crippen molar-refractivity contribution >= 4 is 11.9 Å². The minimum Gasteiger partial charge on any atom is -0.461 e. The van der Waals surface area contributed by atoms with Crippen molar-refractivity contribution in [2.45, 2.75) is 65.3 Å². The highest BCUT2D eigenvalue weighted by molar-refractivity contribution is 5.76. The summed E-state index contributed by atoms with van der Waals surface area (Å²) in [6.45, 7) is 9.28. The van der Waals surface area contributed by atoms with E-state index in [9.17, 15) is 9.59 Å². The van der Waals surface area contributed by atoms with E-state index in [1.165, 1.54) is 0 Å². The van der Waals surface area contributed by atoms with E-state index in [4.69, 9.17) is 9.47 Å². The molecule has 0 fully saturated rings. The van der Waals surface area contributed by atoms with E-state index in [0.717, 1.165) is 5.56 Å². The molecule has 0 saturated heterocycles. The van der Waals surface area contributed by atoms with Crippen LogP contribution >= 0.6 is 0 Å². The van der Waals surface area contributed by atoms with Crippen LogP contribution in [0.2, 0.25) is 0 Å². The van der Waals surface area contributed by atoms with Crippen LogP contribution in [0.4, 0.5) is 0 Å². The van der Waals surface area contributed by atoms with Crippen molar-refractivity contribution in [1.82, 2.24) is 5.32 Å². The summed E-state index contributed by atoms with van der Waals surface area (Å²) in [7, 11) is 0. The molecule has 0 saturated carbocycles.